The average Bonchev–Trinajstić information content (AvgIpc) is 2.23. The second kappa shape index (κ2) is 5.04. The average molecular weight is 257 g/mol. The largest absolute Gasteiger partial charge is 0.463 e. The molecule has 0 amide bonds. The second-order valence-corrected chi connectivity index (χ2v) is 4.94. The molecule has 94 valence electrons. The number of aromatic nitrogens is 3. The van der Waals surface area contributed by atoms with Crippen molar-refractivity contribution in [1.29, 1.82) is 0 Å². The quantitative estimate of drug-likeness (QED) is 0.878. The van der Waals surface area contributed by atoms with Gasteiger partial charge in [0, 0.05) is 5.54 Å². The van der Waals surface area contributed by atoms with Crippen LogP contribution < -0.4 is 10.1 Å². The third-order valence-electron chi connectivity index (χ3n) is 2.89. The Hall–Kier alpha value is -1.10. The van der Waals surface area contributed by atoms with Gasteiger partial charge in [0.05, 0.1) is 6.61 Å². The zero-order chi connectivity index (χ0) is 12.3. The third-order valence-corrected chi connectivity index (χ3v) is 3.06. The molecule has 0 atom stereocenters. The lowest BCUT2D eigenvalue weighted by Crippen LogP contribution is -2.42. The Morgan fingerprint density at radius 1 is 1.35 bits per heavy atom. The monoisotopic (exact) mass is 256 g/mol. The van der Waals surface area contributed by atoms with Gasteiger partial charge >= 0.3 is 6.01 Å². The van der Waals surface area contributed by atoms with Crippen LogP contribution in [0.2, 0.25) is 5.28 Å². The maximum absolute atomic E-state index is 5.84. The Labute approximate surface area is 106 Å². The first kappa shape index (κ1) is 12.4. The summed E-state index contributed by atoms with van der Waals surface area (Å²) in [5, 5.41) is 3.45. The number of anilines is 1. The van der Waals surface area contributed by atoms with E-state index in [9.17, 15) is 0 Å². The normalized spacial score (nSPS) is 17.4. The summed E-state index contributed by atoms with van der Waals surface area (Å²) in [6.07, 6.45) is 4.40. The van der Waals surface area contributed by atoms with Crippen molar-refractivity contribution in [2.24, 2.45) is 0 Å². The highest BCUT2D eigenvalue weighted by Crippen LogP contribution is 2.34. The van der Waals surface area contributed by atoms with Crippen molar-refractivity contribution >= 4 is 17.5 Å². The molecule has 0 radical (unpaired) electrons. The molecule has 0 unspecified atom stereocenters. The number of halogens is 1. The molecule has 1 aliphatic rings. The van der Waals surface area contributed by atoms with E-state index in [0.717, 1.165) is 19.3 Å². The fraction of sp³-hybridized carbons (Fsp3) is 0.727. The SMILES string of the molecule is CCCOc1nc(Cl)nc(NC2(C)CCC2)n1. The number of nitrogens with one attached hydrogen (secondary N) is 1. The zero-order valence-electron chi connectivity index (χ0n) is 10.2. The Kier molecular flexibility index (Phi) is 3.66. The minimum atomic E-state index is 0.0900. The summed E-state index contributed by atoms with van der Waals surface area (Å²) in [4.78, 5) is 12.2. The highest BCUT2D eigenvalue weighted by Gasteiger charge is 2.32. The van der Waals surface area contributed by atoms with E-state index in [0.29, 0.717) is 12.6 Å². The predicted octanol–water partition coefficient (Wildman–Crippen LogP) is 2.67. The van der Waals surface area contributed by atoms with Crippen LogP contribution in [-0.4, -0.2) is 27.1 Å². The summed E-state index contributed by atoms with van der Waals surface area (Å²) in [6.45, 7) is 4.76. The Balaban J connectivity index is 2.08. The summed E-state index contributed by atoms with van der Waals surface area (Å²) >= 11 is 5.84. The maximum atomic E-state index is 5.84. The lowest BCUT2D eigenvalue weighted by molar-refractivity contribution is 0.287. The van der Waals surface area contributed by atoms with E-state index in [4.69, 9.17) is 16.3 Å². The minimum Gasteiger partial charge on any atom is -0.463 e. The van der Waals surface area contributed by atoms with Gasteiger partial charge in [-0.2, -0.15) is 15.0 Å². The molecule has 0 aliphatic heterocycles. The number of ether oxygens (including phenoxy) is 1. The second-order valence-electron chi connectivity index (χ2n) is 4.60. The predicted molar refractivity (Wildman–Crippen MR) is 66.5 cm³/mol. The van der Waals surface area contributed by atoms with Crippen LogP contribution >= 0.6 is 11.6 Å². The van der Waals surface area contributed by atoms with Crippen LogP contribution in [0.1, 0.15) is 39.5 Å². The molecule has 1 saturated carbocycles. The van der Waals surface area contributed by atoms with Gasteiger partial charge in [0.15, 0.2) is 0 Å². The lowest BCUT2D eigenvalue weighted by Gasteiger charge is -2.39. The fourth-order valence-electron chi connectivity index (χ4n) is 1.75. The maximum Gasteiger partial charge on any atom is 0.322 e. The van der Waals surface area contributed by atoms with Crippen LogP contribution in [0.15, 0.2) is 0 Å². The lowest BCUT2D eigenvalue weighted by atomic mass is 9.79. The van der Waals surface area contributed by atoms with E-state index in [1.165, 1.54) is 6.42 Å². The van der Waals surface area contributed by atoms with E-state index in [-0.39, 0.29) is 16.8 Å². The van der Waals surface area contributed by atoms with E-state index in [1.54, 1.807) is 0 Å². The number of hydrogen-bond acceptors (Lipinski definition) is 5. The van der Waals surface area contributed by atoms with Gasteiger partial charge in [0.2, 0.25) is 11.2 Å². The summed E-state index contributed by atoms with van der Waals surface area (Å²) in [6, 6.07) is 0.289. The number of nitrogens with zero attached hydrogens (tertiary/aromatic N) is 3. The molecule has 1 aromatic rings. The van der Waals surface area contributed by atoms with Gasteiger partial charge in [-0.05, 0) is 44.2 Å². The molecule has 6 heteroatoms. The van der Waals surface area contributed by atoms with Crippen molar-refractivity contribution in [3.63, 3.8) is 0 Å². The fourth-order valence-corrected chi connectivity index (χ4v) is 1.90. The Morgan fingerprint density at radius 2 is 2.12 bits per heavy atom. The minimum absolute atomic E-state index is 0.0900. The first-order valence-corrected chi connectivity index (χ1v) is 6.32. The van der Waals surface area contributed by atoms with Gasteiger partial charge in [-0.15, -0.1) is 0 Å². The van der Waals surface area contributed by atoms with Crippen LogP contribution in [0.25, 0.3) is 0 Å². The van der Waals surface area contributed by atoms with Crippen LogP contribution in [0.4, 0.5) is 5.95 Å². The van der Waals surface area contributed by atoms with Crippen molar-refractivity contribution < 1.29 is 4.74 Å². The summed E-state index contributed by atoms with van der Waals surface area (Å²) in [7, 11) is 0. The van der Waals surface area contributed by atoms with Gasteiger partial charge in [0.25, 0.3) is 0 Å². The number of rotatable bonds is 5. The molecule has 17 heavy (non-hydrogen) atoms. The molecule has 5 nitrogen and oxygen atoms in total. The molecular formula is C11H17ClN4O. The van der Waals surface area contributed by atoms with Crippen molar-refractivity contribution in [3.8, 4) is 6.01 Å². The summed E-state index contributed by atoms with van der Waals surface area (Å²) < 4.78 is 5.36. The first-order chi connectivity index (χ1) is 8.11. The van der Waals surface area contributed by atoms with Crippen molar-refractivity contribution in [3.05, 3.63) is 5.28 Å². The Morgan fingerprint density at radius 3 is 2.71 bits per heavy atom. The molecule has 0 bridgehead atoms. The van der Waals surface area contributed by atoms with Crippen LogP contribution in [-0.2, 0) is 0 Å². The zero-order valence-corrected chi connectivity index (χ0v) is 10.9. The molecule has 1 aromatic heterocycles. The highest BCUT2D eigenvalue weighted by atomic mass is 35.5. The summed E-state index contributed by atoms with van der Waals surface area (Å²) in [5.74, 6) is 0.498. The molecule has 1 N–H and O–H groups in total. The van der Waals surface area contributed by atoms with Crippen LogP contribution in [0, 0.1) is 0 Å². The van der Waals surface area contributed by atoms with Gasteiger partial charge in [-0.1, -0.05) is 6.92 Å². The number of hydrogen-bond donors (Lipinski definition) is 1. The standard InChI is InChI=1S/C11H17ClN4O/c1-3-7-17-10-14-8(12)13-9(15-10)16-11(2)5-4-6-11/h3-7H2,1-2H3,(H,13,14,15,16). The molecule has 1 heterocycles. The molecule has 0 saturated heterocycles. The van der Waals surface area contributed by atoms with Crippen molar-refractivity contribution in [2.75, 3.05) is 11.9 Å². The van der Waals surface area contributed by atoms with E-state index >= 15 is 0 Å². The molecule has 1 aliphatic carbocycles. The molecular weight excluding hydrogens is 240 g/mol. The first-order valence-electron chi connectivity index (χ1n) is 5.94. The van der Waals surface area contributed by atoms with Gasteiger partial charge in [0.1, 0.15) is 0 Å². The Bertz CT molecular complexity index is 395. The topological polar surface area (TPSA) is 59.9 Å². The smallest absolute Gasteiger partial charge is 0.322 e. The van der Waals surface area contributed by atoms with Gasteiger partial charge in [-0.3, -0.25) is 0 Å². The van der Waals surface area contributed by atoms with Crippen molar-refractivity contribution in [1.82, 2.24) is 15.0 Å². The van der Waals surface area contributed by atoms with E-state index in [1.807, 2.05) is 6.92 Å². The molecule has 1 fully saturated rings. The van der Waals surface area contributed by atoms with Gasteiger partial charge in [-0.25, -0.2) is 0 Å². The van der Waals surface area contributed by atoms with Crippen LogP contribution in [0.5, 0.6) is 6.01 Å². The molecule has 0 spiro atoms. The van der Waals surface area contributed by atoms with Crippen molar-refractivity contribution in [2.45, 2.75) is 45.1 Å². The van der Waals surface area contributed by atoms with E-state index < -0.39 is 0 Å². The molecule has 2 rings (SSSR count). The molecule has 0 aromatic carbocycles. The summed E-state index contributed by atoms with van der Waals surface area (Å²) in [5.41, 5.74) is 0.0900. The van der Waals surface area contributed by atoms with E-state index in [2.05, 4.69) is 27.2 Å². The third kappa shape index (κ3) is 3.19. The van der Waals surface area contributed by atoms with Gasteiger partial charge < -0.3 is 10.1 Å². The van der Waals surface area contributed by atoms with Crippen LogP contribution in [0.3, 0.4) is 0 Å². The highest BCUT2D eigenvalue weighted by molar-refractivity contribution is 6.28.